The van der Waals surface area contributed by atoms with Crippen LogP contribution in [0, 0.1) is 0 Å². The van der Waals surface area contributed by atoms with Gasteiger partial charge in [0.25, 0.3) is 0 Å². The molecule has 11 aromatic rings. The fourth-order valence-corrected chi connectivity index (χ4v) is 9.39. The molecule has 55 heavy (non-hydrogen) atoms. The van der Waals surface area contributed by atoms with Gasteiger partial charge in [-0.25, -0.2) is 9.97 Å². The van der Waals surface area contributed by atoms with Crippen molar-refractivity contribution in [2.75, 3.05) is 0 Å². The Hall–Kier alpha value is -7.04. The fraction of sp³-hybridized carbons (Fsp3) is 0.0588. The summed E-state index contributed by atoms with van der Waals surface area (Å²) in [6.45, 7) is 4.66. The van der Waals surface area contributed by atoms with E-state index in [1.54, 1.807) is 0 Å². The minimum absolute atomic E-state index is 0.111. The Morgan fingerprint density at radius 3 is 2.15 bits per heavy atom. The lowest BCUT2D eigenvalue weighted by Gasteiger charge is -2.22. The van der Waals surface area contributed by atoms with Gasteiger partial charge in [-0.15, -0.1) is 0 Å². The van der Waals surface area contributed by atoms with E-state index in [2.05, 4.69) is 170 Å². The first-order chi connectivity index (χ1) is 27.0. The quantitative estimate of drug-likeness (QED) is 0.184. The van der Waals surface area contributed by atoms with Gasteiger partial charge in [0.05, 0.1) is 22.2 Å². The first kappa shape index (κ1) is 30.4. The van der Waals surface area contributed by atoms with Crippen molar-refractivity contribution in [3.63, 3.8) is 0 Å². The van der Waals surface area contributed by atoms with Gasteiger partial charge in [0, 0.05) is 43.5 Å². The number of fused-ring (bicyclic) bond motifs is 12. The van der Waals surface area contributed by atoms with Gasteiger partial charge in [0.2, 0.25) is 5.95 Å². The van der Waals surface area contributed by atoms with Crippen LogP contribution >= 0.6 is 0 Å². The lowest BCUT2D eigenvalue weighted by atomic mass is 9.82. The minimum atomic E-state index is -0.111. The molecule has 0 saturated carbocycles. The van der Waals surface area contributed by atoms with Crippen molar-refractivity contribution in [2.45, 2.75) is 19.3 Å². The van der Waals surface area contributed by atoms with Crippen molar-refractivity contribution in [2.24, 2.45) is 0 Å². The van der Waals surface area contributed by atoms with Crippen molar-refractivity contribution < 1.29 is 4.42 Å². The second kappa shape index (κ2) is 11.0. The maximum Gasteiger partial charge on any atom is 0.235 e. The second-order valence-electron chi connectivity index (χ2n) is 15.3. The molecule has 3 aromatic heterocycles. The molecule has 0 fully saturated rings. The Morgan fingerprint density at radius 1 is 0.491 bits per heavy atom. The summed E-state index contributed by atoms with van der Waals surface area (Å²) < 4.78 is 8.68. The van der Waals surface area contributed by atoms with Crippen molar-refractivity contribution in [3.8, 4) is 39.5 Å². The van der Waals surface area contributed by atoms with Gasteiger partial charge in [-0.05, 0) is 75.0 Å². The van der Waals surface area contributed by atoms with Crippen LogP contribution in [0.25, 0.3) is 105 Å². The summed E-state index contributed by atoms with van der Waals surface area (Å²) in [5, 5.41) is 8.03. The predicted molar refractivity (Wildman–Crippen MR) is 227 cm³/mol. The molecule has 0 bridgehead atoms. The number of benzene rings is 8. The molecule has 0 radical (unpaired) electrons. The summed E-state index contributed by atoms with van der Waals surface area (Å²) in [6.07, 6.45) is 0. The monoisotopic (exact) mass is 703 g/mol. The van der Waals surface area contributed by atoms with Crippen LogP contribution in [0.5, 0.6) is 0 Å². The van der Waals surface area contributed by atoms with Gasteiger partial charge in [-0.1, -0.05) is 141 Å². The van der Waals surface area contributed by atoms with E-state index in [9.17, 15) is 0 Å². The highest BCUT2D eigenvalue weighted by molar-refractivity contribution is 6.22. The first-order valence-electron chi connectivity index (χ1n) is 18.9. The molecule has 0 aliphatic heterocycles. The Labute approximate surface area is 316 Å². The zero-order valence-corrected chi connectivity index (χ0v) is 30.3. The summed E-state index contributed by atoms with van der Waals surface area (Å²) in [5.74, 6) is 0.662. The van der Waals surface area contributed by atoms with Crippen LogP contribution in [0.4, 0.5) is 0 Å². The Kier molecular flexibility index (Phi) is 6.09. The highest BCUT2D eigenvalue weighted by atomic mass is 16.3. The highest BCUT2D eigenvalue weighted by Crippen LogP contribution is 2.50. The number of hydrogen-bond acceptors (Lipinski definition) is 3. The Balaban J connectivity index is 1.06. The molecule has 258 valence electrons. The van der Waals surface area contributed by atoms with E-state index < -0.39 is 0 Å². The fourth-order valence-electron chi connectivity index (χ4n) is 9.39. The van der Waals surface area contributed by atoms with Gasteiger partial charge < -0.3 is 4.42 Å². The molecule has 3 heterocycles. The van der Waals surface area contributed by atoms with Crippen molar-refractivity contribution >= 4 is 65.4 Å². The molecule has 0 unspecified atom stereocenters. The predicted octanol–water partition coefficient (Wildman–Crippen LogP) is 13.4. The molecule has 4 heteroatoms. The van der Waals surface area contributed by atoms with E-state index in [-0.39, 0.29) is 5.41 Å². The minimum Gasteiger partial charge on any atom is -0.455 e. The average molecular weight is 704 g/mol. The maximum absolute atomic E-state index is 6.43. The highest BCUT2D eigenvalue weighted by Gasteiger charge is 2.35. The molecule has 8 aromatic carbocycles. The van der Waals surface area contributed by atoms with Crippen molar-refractivity contribution in [3.05, 3.63) is 175 Å². The van der Waals surface area contributed by atoms with Crippen molar-refractivity contribution in [1.29, 1.82) is 0 Å². The van der Waals surface area contributed by atoms with Crippen LogP contribution in [0.2, 0.25) is 0 Å². The summed E-state index contributed by atoms with van der Waals surface area (Å²) in [4.78, 5) is 10.7. The third-order valence-electron chi connectivity index (χ3n) is 12.0. The van der Waals surface area contributed by atoms with Gasteiger partial charge >= 0.3 is 0 Å². The third kappa shape index (κ3) is 4.22. The number of para-hydroxylation sites is 4. The Morgan fingerprint density at radius 2 is 1.22 bits per heavy atom. The molecule has 4 nitrogen and oxygen atoms in total. The SMILES string of the molecule is CC1(C)c2ccccc2-c2ccc(-c3nc(-n4c5ccccc5c5c6ccc(-c7cccc8c7oc7ccccc78)cc6ccc54)nc4ccccc34)cc21. The lowest BCUT2D eigenvalue weighted by molar-refractivity contribution is 0.660. The molecule has 12 rings (SSSR count). The van der Waals surface area contributed by atoms with Crippen LogP contribution in [0.15, 0.2) is 168 Å². The van der Waals surface area contributed by atoms with E-state index in [1.165, 1.54) is 43.8 Å². The maximum atomic E-state index is 6.43. The van der Waals surface area contributed by atoms with E-state index in [1.807, 2.05) is 12.1 Å². The lowest BCUT2D eigenvalue weighted by Crippen LogP contribution is -2.15. The summed E-state index contributed by atoms with van der Waals surface area (Å²) >= 11 is 0. The molecular weight excluding hydrogens is 671 g/mol. The van der Waals surface area contributed by atoms with E-state index in [4.69, 9.17) is 14.4 Å². The summed E-state index contributed by atoms with van der Waals surface area (Å²) in [7, 11) is 0. The van der Waals surface area contributed by atoms with Gasteiger partial charge in [-0.3, -0.25) is 4.57 Å². The van der Waals surface area contributed by atoms with Crippen LogP contribution in [0.3, 0.4) is 0 Å². The molecular formula is C51H33N3O. The number of nitrogens with zero attached hydrogens (tertiary/aromatic N) is 3. The van der Waals surface area contributed by atoms with E-state index in [0.29, 0.717) is 5.95 Å². The van der Waals surface area contributed by atoms with Crippen molar-refractivity contribution in [1.82, 2.24) is 14.5 Å². The van der Waals surface area contributed by atoms with E-state index in [0.717, 1.165) is 66.3 Å². The van der Waals surface area contributed by atoms with Gasteiger partial charge in [-0.2, -0.15) is 0 Å². The number of rotatable bonds is 3. The van der Waals surface area contributed by atoms with Crippen LogP contribution in [0.1, 0.15) is 25.0 Å². The number of hydrogen-bond donors (Lipinski definition) is 0. The van der Waals surface area contributed by atoms with Crippen LogP contribution in [-0.4, -0.2) is 14.5 Å². The van der Waals surface area contributed by atoms with Crippen LogP contribution in [-0.2, 0) is 5.41 Å². The normalized spacial score (nSPS) is 13.4. The number of furan rings is 1. The number of aromatic nitrogens is 3. The van der Waals surface area contributed by atoms with Gasteiger partial charge in [0.1, 0.15) is 11.2 Å². The molecule has 1 aliphatic rings. The second-order valence-corrected chi connectivity index (χ2v) is 15.3. The Bertz CT molecular complexity index is 3420. The first-order valence-corrected chi connectivity index (χ1v) is 18.9. The van der Waals surface area contributed by atoms with Crippen LogP contribution < -0.4 is 0 Å². The third-order valence-corrected chi connectivity index (χ3v) is 12.0. The average Bonchev–Trinajstić information content (AvgIpc) is 3.86. The molecule has 0 spiro atoms. The molecule has 1 aliphatic carbocycles. The van der Waals surface area contributed by atoms with Gasteiger partial charge in [0.15, 0.2) is 0 Å². The summed E-state index contributed by atoms with van der Waals surface area (Å²) in [5.41, 5.74) is 14.4. The standard InChI is InChI=1S/C51H33N3O/c1-51(2)41-18-7-3-12-35(41)36-26-23-32(29-42(36)51)48-39-14-4-8-19-43(39)52-50(53-48)54-44-20-9-5-15-40(44)47-33-25-22-31(28-30(33)24-27-45(47)54)34-16-11-17-38-37-13-6-10-21-46(37)55-49(34)38/h3-29H,1-2H3. The topological polar surface area (TPSA) is 43.9 Å². The summed E-state index contributed by atoms with van der Waals surface area (Å²) in [6, 6.07) is 58.6. The molecule has 0 atom stereocenters. The molecule has 0 amide bonds. The zero-order valence-electron chi connectivity index (χ0n) is 30.3. The smallest absolute Gasteiger partial charge is 0.235 e. The largest absolute Gasteiger partial charge is 0.455 e. The molecule has 0 saturated heterocycles. The zero-order chi connectivity index (χ0) is 36.4. The van der Waals surface area contributed by atoms with E-state index >= 15 is 0 Å². The molecule has 0 N–H and O–H groups in total.